The molecule has 1 heterocycles. The Balaban J connectivity index is 2.36. The summed E-state index contributed by atoms with van der Waals surface area (Å²) in [6, 6.07) is 4.13. The molecule has 18 heavy (non-hydrogen) atoms. The number of pyridine rings is 1. The Labute approximate surface area is 112 Å². The van der Waals surface area contributed by atoms with Gasteiger partial charge in [0.1, 0.15) is 0 Å². The molecule has 1 aromatic heterocycles. The Bertz CT molecular complexity index is 322. The van der Waals surface area contributed by atoms with Gasteiger partial charge in [-0.15, -0.1) is 0 Å². The highest BCUT2D eigenvalue weighted by molar-refractivity contribution is 5.08. The van der Waals surface area contributed by atoms with Gasteiger partial charge < -0.3 is 10.2 Å². The molecule has 0 unspecified atom stereocenters. The van der Waals surface area contributed by atoms with Crippen LogP contribution in [0.4, 0.5) is 0 Å². The fourth-order valence-electron chi connectivity index (χ4n) is 2.25. The van der Waals surface area contributed by atoms with Crippen LogP contribution < -0.4 is 5.32 Å². The van der Waals surface area contributed by atoms with Crippen molar-refractivity contribution in [2.75, 3.05) is 26.7 Å². The van der Waals surface area contributed by atoms with Gasteiger partial charge in [0.05, 0.1) is 0 Å². The summed E-state index contributed by atoms with van der Waals surface area (Å²) < 4.78 is 0. The number of hydrogen-bond acceptors (Lipinski definition) is 3. The molecule has 0 aliphatic rings. The minimum absolute atomic E-state index is 0.298. The number of nitrogens with one attached hydrogen (secondary N) is 1. The van der Waals surface area contributed by atoms with Gasteiger partial charge in [0.25, 0.3) is 0 Å². The monoisotopic (exact) mass is 249 g/mol. The van der Waals surface area contributed by atoms with E-state index in [0.717, 1.165) is 26.2 Å². The van der Waals surface area contributed by atoms with Crippen LogP contribution in [0.15, 0.2) is 24.5 Å². The molecule has 0 saturated heterocycles. The molecule has 1 aromatic rings. The number of aromatic nitrogens is 1. The van der Waals surface area contributed by atoms with E-state index >= 15 is 0 Å². The lowest BCUT2D eigenvalue weighted by Gasteiger charge is -2.30. The lowest BCUT2D eigenvalue weighted by molar-refractivity contribution is 0.198. The first kappa shape index (κ1) is 15.1. The van der Waals surface area contributed by atoms with E-state index in [1.54, 1.807) is 0 Å². The van der Waals surface area contributed by atoms with E-state index in [0.29, 0.717) is 5.41 Å². The van der Waals surface area contributed by atoms with E-state index in [1.807, 2.05) is 18.5 Å². The molecule has 1 rings (SSSR count). The third-order valence-corrected chi connectivity index (χ3v) is 2.90. The maximum absolute atomic E-state index is 4.16. The summed E-state index contributed by atoms with van der Waals surface area (Å²) in [4.78, 5) is 6.52. The van der Waals surface area contributed by atoms with E-state index in [-0.39, 0.29) is 0 Å². The van der Waals surface area contributed by atoms with Crippen LogP contribution in [0.5, 0.6) is 0 Å². The first-order chi connectivity index (χ1) is 8.53. The van der Waals surface area contributed by atoms with Crippen LogP contribution in [-0.2, 0) is 6.54 Å². The summed E-state index contributed by atoms with van der Waals surface area (Å²) in [5.74, 6) is 0. The predicted octanol–water partition coefficient (Wildman–Crippen LogP) is 2.54. The molecule has 0 fully saturated rings. The molecule has 0 saturated carbocycles. The standard InChI is InChI=1S/C15H27N3/c1-5-8-17-12-15(2,3)13-18(4)11-14-7-6-9-16-10-14/h6-7,9-10,17H,5,8,11-13H2,1-4H3. The highest BCUT2D eigenvalue weighted by Gasteiger charge is 2.19. The molecular formula is C15H27N3. The zero-order valence-corrected chi connectivity index (χ0v) is 12.2. The summed E-state index contributed by atoms with van der Waals surface area (Å²) in [6.45, 7) is 11.1. The van der Waals surface area contributed by atoms with E-state index in [2.05, 4.69) is 49.1 Å². The number of nitrogens with zero attached hydrogens (tertiary/aromatic N) is 2. The van der Waals surface area contributed by atoms with E-state index in [9.17, 15) is 0 Å². The molecule has 0 aliphatic carbocycles. The second-order valence-electron chi connectivity index (χ2n) is 5.87. The third kappa shape index (κ3) is 6.12. The van der Waals surface area contributed by atoms with E-state index in [1.165, 1.54) is 12.0 Å². The van der Waals surface area contributed by atoms with Crippen LogP contribution in [0.1, 0.15) is 32.8 Å². The van der Waals surface area contributed by atoms with Crippen molar-refractivity contribution in [3.63, 3.8) is 0 Å². The molecule has 0 radical (unpaired) electrons. The summed E-state index contributed by atoms with van der Waals surface area (Å²) in [5.41, 5.74) is 1.57. The van der Waals surface area contributed by atoms with Gasteiger partial charge in [-0.3, -0.25) is 4.98 Å². The summed E-state index contributed by atoms with van der Waals surface area (Å²) in [6.07, 6.45) is 4.96. The summed E-state index contributed by atoms with van der Waals surface area (Å²) in [7, 11) is 2.18. The van der Waals surface area contributed by atoms with Gasteiger partial charge in [0, 0.05) is 32.0 Å². The van der Waals surface area contributed by atoms with Crippen LogP contribution >= 0.6 is 0 Å². The van der Waals surface area contributed by atoms with Gasteiger partial charge in [-0.05, 0) is 37.1 Å². The Morgan fingerprint density at radius 2 is 2.17 bits per heavy atom. The molecule has 0 aliphatic heterocycles. The first-order valence-electron chi connectivity index (χ1n) is 6.81. The highest BCUT2D eigenvalue weighted by Crippen LogP contribution is 2.16. The predicted molar refractivity (Wildman–Crippen MR) is 77.5 cm³/mol. The summed E-state index contributed by atoms with van der Waals surface area (Å²) in [5, 5.41) is 3.51. The topological polar surface area (TPSA) is 28.2 Å². The molecule has 1 N–H and O–H groups in total. The maximum atomic E-state index is 4.16. The highest BCUT2D eigenvalue weighted by atomic mass is 15.1. The van der Waals surface area contributed by atoms with Gasteiger partial charge in [-0.1, -0.05) is 26.8 Å². The van der Waals surface area contributed by atoms with Gasteiger partial charge in [-0.25, -0.2) is 0 Å². The quantitative estimate of drug-likeness (QED) is 0.718. The average molecular weight is 249 g/mol. The largest absolute Gasteiger partial charge is 0.316 e. The molecule has 0 atom stereocenters. The van der Waals surface area contributed by atoms with Gasteiger partial charge >= 0.3 is 0 Å². The van der Waals surface area contributed by atoms with Gasteiger partial charge in [0.2, 0.25) is 0 Å². The van der Waals surface area contributed by atoms with E-state index < -0.39 is 0 Å². The zero-order valence-electron chi connectivity index (χ0n) is 12.2. The Hall–Kier alpha value is -0.930. The third-order valence-electron chi connectivity index (χ3n) is 2.90. The van der Waals surface area contributed by atoms with Gasteiger partial charge in [0.15, 0.2) is 0 Å². The Kier molecular flexibility index (Phi) is 6.30. The van der Waals surface area contributed by atoms with Crippen molar-refractivity contribution in [1.82, 2.24) is 15.2 Å². The SMILES string of the molecule is CCCNCC(C)(C)CN(C)Cc1cccnc1. The molecule has 0 spiro atoms. The maximum Gasteiger partial charge on any atom is 0.0312 e. The van der Waals surface area contributed by atoms with E-state index in [4.69, 9.17) is 0 Å². The lowest BCUT2D eigenvalue weighted by atomic mass is 9.92. The molecule has 102 valence electrons. The van der Waals surface area contributed by atoms with Crippen molar-refractivity contribution >= 4 is 0 Å². The first-order valence-corrected chi connectivity index (χ1v) is 6.81. The Morgan fingerprint density at radius 1 is 1.39 bits per heavy atom. The van der Waals surface area contributed by atoms with Crippen LogP contribution in [-0.4, -0.2) is 36.6 Å². The minimum atomic E-state index is 0.298. The van der Waals surface area contributed by atoms with Crippen LogP contribution in [0.3, 0.4) is 0 Å². The molecule has 0 aromatic carbocycles. The van der Waals surface area contributed by atoms with Crippen LogP contribution in [0, 0.1) is 5.41 Å². The molecule has 0 bridgehead atoms. The van der Waals surface area contributed by atoms with Crippen LogP contribution in [0.2, 0.25) is 0 Å². The second kappa shape index (κ2) is 7.49. The minimum Gasteiger partial charge on any atom is -0.316 e. The molecular weight excluding hydrogens is 222 g/mol. The fourth-order valence-corrected chi connectivity index (χ4v) is 2.25. The van der Waals surface area contributed by atoms with Crippen molar-refractivity contribution in [3.05, 3.63) is 30.1 Å². The van der Waals surface area contributed by atoms with Crippen molar-refractivity contribution in [2.24, 2.45) is 5.41 Å². The second-order valence-corrected chi connectivity index (χ2v) is 5.87. The molecule has 0 amide bonds. The fraction of sp³-hybridized carbons (Fsp3) is 0.667. The smallest absolute Gasteiger partial charge is 0.0312 e. The van der Waals surface area contributed by atoms with Crippen molar-refractivity contribution in [2.45, 2.75) is 33.7 Å². The number of hydrogen-bond donors (Lipinski definition) is 1. The zero-order chi connectivity index (χ0) is 13.4. The normalized spacial score (nSPS) is 12.1. The number of rotatable bonds is 8. The van der Waals surface area contributed by atoms with Crippen LogP contribution in [0.25, 0.3) is 0 Å². The average Bonchev–Trinajstić information content (AvgIpc) is 2.29. The Morgan fingerprint density at radius 3 is 2.78 bits per heavy atom. The van der Waals surface area contributed by atoms with Crippen molar-refractivity contribution in [1.29, 1.82) is 0 Å². The van der Waals surface area contributed by atoms with Gasteiger partial charge in [-0.2, -0.15) is 0 Å². The molecule has 3 nitrogen and oxygen atoms in total. The van der Waals surface area contributed by atoms with Crippen molar-refractivity contribution in [3.8, 4) is 0 Å². The lowest BCUT2D eigenvalue weighted by Crippen LogP contribution is -2.39. The molecule has 3 heteroatoms. The summed E-state index contributed by atoms with van der Waals surface area (Å²) >= 11 is 0. The van der Waals surface area contributed by atoms with Crippen molar-refractivity contribution < 1.29 is 0 Å².